The van der Waals surface area contributed by atoms with Crippen molar-refractivity contribution in [1.82, 2.24) is 5.32 Å². The number of methoxy groups -OCH3 is 1. The van der Waals surface area contributed by atoms with Crippen LogP contribution in [0, 0.1) is 5.92 Å². The number of halogens is 3. The van der Waals surface area contributed by atoms with Crippen LogP contribution in [0.3, 0.4) is 0 Å². The molecule has 1 aromatic rings. The summed E-state index contributed by atoms with van der Waals surface area (Å²) in [4.78, 5) is 11.4. The summed E-state index contributed by atoms with van der Waals surface area (Å²) in [5, 5.41) is 3.18. The first-order chi connectivity index (χ1) is 9.41. The lowest BCUT2D eigenvalue weighted by Crippen LogP contribution is -2.37. The van der Waals surface area contributed by atoms with Gasteiger partial charge in [-0.25, -0.2) is 0 Å². The van der Waals surface area contributed by atoms with Crippen LogP contribution >= 0.6 is 0 Å². The minimum atomic E-state index is -4.31. The number of nitrogens with one attached hydrogen (secondary N) is 1. The zero-order chi connectivity index (χ0) is 14.8. The van der Waals surface area contributed by atoms with E-state index in [1.54, 1.807) is 0 Å². The highest BCUT2D eigenvalue weighted by molar-refractivity contribution is 5.72. The average molecular weight is 287 g/mol. The number of ether oxygens (including phenoxy) is 1. The maximum atomic E-state index is 12.5. The van der Waals surface area contributed by atoms with Crippen molar-refractivity contribution in [2.45, 2.75) is 25.1 Å². The third-order valence-corrected chi connectivity index (χ3v) is 3.59. The van der Waals surface area contributed by atoms with Crippen LogP contribution in [0.25, 0.3) is 0 Å². The van der Waals surface area contributed by atoms with Gasteiger partial charge in [0.25, 0.3) is 0 Å². The van der Waals surface area contributed by atoms with Gasteiger partial charge in [0.05, 0.1) is 18.6 Å². The summed E-state index contributed by atoms with van der Waals surface area (Å²) in [5.74, 6) is -0.422. The van der Waals surface area contributed by atoms with Crippen LogP contribution in [0.1, 0.15) is 30.0 Å². The second-order valence-corrected chi connectivity index (χ2v) is 4.88. The van der Waals surface area contributed by atoms with Crippen LogP contribution in [0.5, 0.6) is 0 Å². The van der Waals surface area contributed by atoms with Gasteiger partial charge in [0.2, 0.25) is 0 Å². The van der Waals surface area contributed by atoms with Crippen molar-refractivity contribution < 1.29 is 22.7 Å². The van der Waals surface area contributed by atoms with Crippen molar-refractivity contribution in [2.24, 2.45) is 5.92 Å². The summed E-state index contributed by atoms with van der Waals surface area (Å²) in [7, 11) is 1.35. The number of benzene rings is 1. The molecule has 2 atom stereocenters. The zero-order valence-electron chi connectivity index (χ0n) is 11.0. The molecule has 0 aromatic heterocycles. The molecule has 1 fully saturated rings. The van der Waals surface area contributed by atoms with Gasteiger partial charge in [0.1, 0.15) is 0 Å². The third-order valence-electron chi connectivity index (χ3n) is 3.59. The summed E-state index contributed by atoms with van der Waals surface area (Å²) >= 11 is 0. The van der Waals surface area contributed by atoms with Crippen molar-refractivity contribution in [1.29, 1.82) is 0 Å². The van der Waals surface area contributed by atoms with Crippen molar-refractivity contribution in [2.75, 3.05) is 13.7 Å². The molecule has 2 rings (SSSR count). The predicted molar refractivity (Wildman–Crippen MR) is 66.9 cm³/mol. The van der Waals surface area contributed by atoms with E-state index >= 15 is 0 Å². The number of esters is 1. The molecule has 1 N–H and O–H groups in total. The van der Waals surface area contributed by atoms with Gasteiger partial charge in [0, 0.05) is 12.6 Å². The summed E-state index contributed by atoms with van der Waals surface area (Å²) in [6.45, 7) is 0.484. The number of hydrogen-bond donors (Lipinski definition) is 1. The lowest BCUT2D eigenvalue weighted by Gasteiger charge is -2.28. The molecule has 110 valence electrons. The Bertz CT molecular complexity index is 462. The molecule has 0 amide bonds. The summed E-state index contributed by atoms with van der Waals surface area (Å²) < 4.78 is 42.1. The normalized spacial score (nSPS) is 23.4. The van der Waals surface area contributed by atoms with Crippen LogP contribution in [0.15, 0.2) is 24.3 Å². The molecule has 2 unspecified atom stereocenters. The van der Waals surface area contributed by atoms with E-state index in [-0.39, 0.29) is 17.9 Å². The van der Waals surface area contributed by atoms with Gasteiger partial charge in [-0.15, -0.1) is 0 Å². The number of carbonyl (C=O) groups excluding carboxylic acids is 1. The zero-order valence-corrected chi connectivity index (χ0v) is 11.0. The average Bonchev–Trinajstić information content (AvgIpc) is 2.46. The highest BCUT2D eigenvalue weighted by atomic mass is 19.4. The van der Waals surface area contributed by atoms with Crippen LogP contribution in [0.2, 0.25) is 0 Å². The summed E-state index contributed by atoms with van der Waals surface area (Å²) in [5.41, 5.74) is 0.158. The SMILES string of the molecule is COC(=O)C1CCC(c2ccc(C(F)(F)F)cc2)NC1. The topological polar surface area (TPSA) is 38.3 Å². The first-order valence-electron chi connectivity index (χ1n) is 6.40. The van der Waals surface area contributed by atoms with Crippen molar-refractivity contribution >= 4 is 5.97 Å². The summed E-state index contributed by atoms with van der Waals surface area (Å²) in [6.07, 6.45) is -2.94. The van der Waals surface area contributed by atoms with Gasteiger partial charge in [-0.2, -0.15) is 13.2 Å². The molecule has 0 radical (unpaired) electrons. The molecular formula is C14H16F3NO2. The number of carbonyl (C=O) groups is 1. The number of hydrogen-bond acceptors (Lipinski definition) is 3. The molecule has 0 saturated carbocycles. The van der Waals surface area contributed by atoms with E-state index in [0.29, 0.717) is 19.4 Å². The summed E-state index contributed by atoms with van der Waals surface area (Å²) in [6, 6.07) is 5.13. The maximum Gasteiger partial charge on any atom is 0.416 e. The molecule has 6 heteroatoms. The van der Waals surface area contributed by atoms with Gasteiger partial charge in [-0.3, -0.25) is 4.79 Å². The molecule has 3 nitrogen and oxygen atoms in total. The fourth-order valence-corrected chi connectivity index (χ4v) is 2.41. The minimum absolute atomic E-state index is 0.0156. The van der Waals surface area contributed by atoms with Gasteiger partial charge >= 0.3 is 12.1 Å². The fraction of sp³-hybridized carbons (Fsp3) is 0.500. The Kier molecular flexibility index (Phi) is 4.32. The first-order valence-corrected chi connectivity index (χ1v) is 6.40. The monoisotopic (exact) mass is 287 g/mol. The Balaban J connectivity index is 1.99. The molecule has 1 aliphatic heterocycles. The number of piperidine rings is 1. The predicted octanol–water partition coefficient (Wildman–Crippen LogP) is 2.92. The highest BCUT2D eigenvalue weighted by Crippen LogP contribution is 2.31. The van der Waals surface area contributed by atoms with Gasteiger partial charge in [0.15, 0.2) is 0 Å². The van der Waals surface area contributed by atoms with Gasteiger partial charge in [-0.1, -0.05) is 12.1 Å². The van der Waals surface area contributed by atoms with E-state index in [9.17, 15) is 18.0 Å². The van der Waals surface area contributed by atoms with Crippen LogP contribution in [-0.2, 0) is 15.7 Å². The lowest BCUT2D eigenvalue weighted by atomic mass is 9.90. The Labute approximate surface area is 115 Å². The molecule has 20 heavy (non-hydrogen) atoms. The molecule has 0 aliphatic carbocycles. The standard InChI is InChI=1S/C14H16F3NO2/c1-20-13(19)10-4-7-12(18-8-10)9-2-5-11(6-3-9)14(15,16)17/h2-3,5-6,10,12,18H,4,7-8H2,1H3. The Hall–Kier alpha value is -1.56. The van der Waals surface area contributed by atoms with Crippen molar-refractivity contribution in [3.63, 3.8) is 0 Å². The lowest BCUT2D eigenvalue weighted by molar-refractivity contribution is -0.146. The first kappa shape index (κ1) is 14.8. The van der Waals surface area contributed by atoms with E-state index in [0.717, 1.165) is 17.7 Å². The van der Waals surface area contributed by atoms with Crippen molar-refractivity contribution in [3.8, 4) is 0 Å². The van der Waals surface area contributed by atoms with E-state index in [2.05, 4.69) is 10.1 Å². The van der Waals surface area contributed by atoms with E-state index in [4.69, 9.17) is 0 Å². The Morgan fingerprint density at radius 3 is 2.35 bits per heavy atom. The molecule has 1 aromatic carbocycles. The Morgan fingerprint density at radius 2 is 1.90 bits per heavy atom. The Morgan fingerprint density at radius 1 is 1.25 bits per heavy atom. The quantitative estimate of drug-likeness (QED) is 0.850. The second kappa shape index (κ2) is 5.83. The van der Waals surface area contributed by atoms with Crippen molar-refractivity contribution in [3.05, 3.63) is 35.4 Å². The molecule has 1 saturated heterocycles. The molecule has 1 aliphatic rings. The molecule has 1 heterocycles. The second-order valence-electron chi connectivity index (χ2n) is 4.88. The smallest absolute Gasteiger partial charge is 0.416 e. The van der Waals surface area contributed by atoms with E-state index in [1.165, 1.54) is 19.2 Å². The fourth-order valence-electron chi connectivity index (χ4n) is 2.41. The number of alkyl halides is 3. The van der Waals surface area contributed by atoms with Crippen LogP contribution < -0.4 is 5.32 Å². The van der Waals surface area contributed by atoms with E-state index < -0.39 is 11.7 Å². The maximum absolute atomic E-state index is 12.5. The largest absolute Gasteiger partial charge is 0.469 e. The minimum Gasteiger partial charge on any atom is -0.469 e. The molecular weight excluding hydrogens is 271 g/mol. The molecule has 0 bridgehead atoms. The number of rotatable bonds is 2. The van der Waals surface area contributed by atoms with Crippen LogP contribution in [-0.4, -0.2) is 19.6 Å². The van der Waals surface area contributed by atoms with E-state index in [1.807, 2.05) is 0 Å². The highest BCUT2D eigenvalue weighted by Gasteiger charge is 2.31. The van der Waals surface area contributed by atoms with Crippen LogP contribution in [0.4, 0.5) is 13.2 Å². The molecule has 0 spiro atoms. The third kappa shape index (κ3) is 3.30. The van der Waals surface area contributed by atoms with Gasteiger partial charge in [-0.05, 0) is 30.5 Å². The van der Waals surface area contributed by atoms with Gasteiger partial charge < -0.3 is 10.1 Å².